The highest BCUT2D eigenvalue weighted by Crippen LogP contribution is 2.18. The van der Waals surface area contributed by atoms with E-state index in [0.717, 1.165) is 34.0 Å². The molecule has 2 rings (SSSR count). The van der Waals surface area contributed by atoms with Crippen molar-refractivity contribution in [1.82, 2.24) is 4.57 Å². The van der Waals surface area contributed by atoms with Crippen LogP contribution in [-0.2, 0) is 4.79 Å². The molecule has 7 nitrogen and oxygen atoms in total. The number of carbonyl (C=O) groups is 1. The van der Waals surface area contributed by atoms with E-state index >= 15 is 0 Å². The molecule has 0 fully saturated rings. The average molecular weight is 315 g/mol. The quantitative estimate of drug-likeness (QED) is 0.693. The molecule has 1 amide bonds. The van der Waals surface area contributed by atoms with Crippen molar-refractivity contribution in [2.75, 3.05) is 5.32 Å². The van der Waals surface area contributed by atoms with E-state index in [4.69, 9.17) is 0 Å². The number of hydrogen-bond donors (Lipinski definition) is 1. The first-order valence-corrected chi connectivity index (χ1v) is 7.04. The number of hydrogen-bond acceptors (Lipinski definition) is 4. The van der Waals surface area contributed by atoms with Crippen LogP contribution in [0.25, 0.3) is 0 Å². The minimum atomic E-state index is -0.873. The van der Waals surface area contributed by atoms with Crippen molar-refractivity contribution in [3.63, 3.8) is 0 Å². The van der Waals surface area contributed by atoms with Gasteiger partial charge in [-0.2, -0.15) is 0 Å². The minimum absolute atomic E-state index is 0.240. The van der Waals surface area contributed by atoms with Crippen LogP contribution in [-0.4, -0.2) is 15.4 Å². The Hall–Kier alpha value is -2.96. The van der Waals surface area contributed by atoms with Crippen molar-refractivity contribution < 1.29 is 9.72 Å². The van der Waals surface area contributed by atoms with E-state index in [-0.39, 0.29) is 5.69 Å². The van der Waals surface area contributed by atoms with Gasteiger partial charge in [0.25, 0.3) is 11.2 Å². The summed E-state index contributed by atoms with van der Waals surface area (Å²) in [5, 5.41) is 13.6. The first-order valence-electron chi connectivity index (χ1n) is 7.04. The summed E-state index contributed by atoms with van der Waals surface area (Å²) >= 11 is 0. The van der Waals surface area contributed by atoms with E-state index in [1.54, 1.807) is 0 Å². The lowest BCUT2D eigenvalue weighted by atomic mass is 10.1. The Morgan fingerprint density at radius 2 is 1.96 bits per heavy atom. The lowest BCUT2D eigenvalue weighted by molar-refractivity contribution is -0.385. The fourth-order valence-electron chi connectivity index (χ4n) is 2.14. The molecule has 23 heavy (non-hydrogen) atoms. The first kappa shape index (κ1) is 16.4. The predicted molar refractivity (Wildman–Crippen MR) is 86.6 cm³/mol. The van der Waals surface area contributed by atoms with E-state index in [1.807, 2.05) is 32.0 Å². The zero-order valence-electron chi connectivity index (χ0n) is 13.1. The Morgan fingerprint density at radius 3 is 2.61 bits per heavy atom. The molecule has 0 radical (unpaired) electrons. The van der Waals surface area contributed by atoms with E-state index in [9.17, 15) is 19.7 Å². The molecule has 0 bridgehead atoms. The molecule has 0 spiro atoms. The molecule has 0 aliphatic heterocycles. The zero-order valence-corrected chi connectivity index (χ0v) is 13.1. The number of nitrogens with one attached hydrogen (secondary N) is 1. The SMILES string of the molecule is Cc1ccc(C)c(NC(=O)C(C)n2cc([N+](=O)[O-])ccc2=O)c1. The highest BCUT2D eigenvalue weighted by Gasteiger charge is 2.19. The van der Waals surface area contributed by atoms with Crippen LogP contribution >= 0.6 is 0 Å². The minimum Gasteiger partial charge on any atom is -0.324 e. The molecule has 1 heterocycles. The van der Waals surface area contributed by atoms with Crippen LogP contribution in [0.5, 0.6) is 0 Å². The van der Waals surface area contributed by atoms with E-state index < -0.39 is 22.4 Å². The number of nitro groups is 1. The number of aromatic nitrogens is 1. The first-order chi connectivity index (χ1) is 10.8. The van der Waals surface area contributed by atoms with Gasteiger partial charge in [0, 0.05) is 17.8 Å². The molecule has 1 aromatic heterocycles. The van der Waals surface area contributed by atoms with Gasteiger partial charge in [-0.15, -0.1) is 0 Å². The van der Waals surface area contributed by atoms with Crippen molar-refractivity contribution in [1.29, 1.82) is 0 Å². The third-order valence-corrected chi connectivity index (χ3v) is 3.58. The van der Waals surface area contributed by atoms with E-state index in [2.05, 4.69) is 5.32 Å². The summed E-state index contributed by atoms with van der Waals surface area (Å²) in [6.45, 7) is 5.29. The van der Waals surface area contributed by atoms with Gasteiger partial charge in [-0.1, -0.05) is 12.1 Å². The zero-order chi connectivity index (χ0) is 17.1. The van der Waals surface area contributed by atoms with E-state index in [1.165, 1.54) is 6.92 Å². The third kappa shape index (κ3) is 3.63. The van der Waals surface area contributed by atoms with Crippen molar-refractivity contribution in [3.8, 4) is 0 Å². The second kappa shape index (κ2) is 6.43. The Balaban J connectivity index is 2.29. The van der Waals surface area contributed by atoms with Crippen molar-refractivity contribution in [2.45, 2.75) is 26.8 Å². The molecule has 120 valence electrons. The molecule has 0 saturated carbocycles. The van der Waals surface area contributed by atoms with Gasteiger partial charge in [-0.25, -0.2) is 0 Å². The van der Waals surface area contributed by atoms with Crippen LogP contribution in [0.3, 0.4) is 0 Å². The van der Waals surface area contributed by atoms with E-state index in [0.29, 0.717) is 5.69 Å². The van der Waals surface area contributed by atoms with Gasteiger partial charge >= 0.3 is 0 Å². The van der Waals surface area contributed by atoms with Crippen LogP contribution in [0.1, 0.15) is 24.1 Å². The van der Waals surface area contributed by atoms with Crippen LogP contribution in [0, 0.1) is 24.0 Å². The topological polar surface area (TPSA) is 94.2 Å². The van der Waals surface area contributed by atoms with Crippen LogP contribution in [0.15, 0.2) is 41.3 Å². The van der Waals surface area contributed by atoms with Crippen LogP contribution in [0.2, 0.25) is 0 Å². The number of nitrogens with zero attached hydrogens (tertiary/aromatic N) is 2. The summed E-state index contributed by atoms with van der Waals surface area (Å²) in [7, 11) is 0. The summed E-state index contributed by atoms with van der Waals surface area (Å²) in [4.78, 5) is 34.5. The molecular formula is C16H17N3O4. The molecule has 2 aromatic rings. The smallest absolute Gasteiger partial charge is 0.285 e. The van der Waals surface area contributed by atoms with Gasteiger partial charge in [0.1, 0.15) is 6.04 Å². The number of anilines is 1. The Bertz CT molecular complexity index is 826. The number of amides is 1. The van der Waals surface area contributed by atoms with Crippen LogP contribution in [0.4, 0.5) is 11.4 Å². The molecule has 0 aliphatic rings. The second-order valence-electron chi connectivity index (χ2n) is 5.37. The maximum absolute atomic E-state index is 12.4. The lowest BCUT2D eigenvalue weighted by Gasteiger charge is -2.16. The van der Waals surface area contributed by atoms with Gasteiger partial charge in [-0.3, -0.25) is 24.3 Å². The second-order valence-corrected chi connectivity index (χ2v) is 5.37. The molecular weight excluding hydrogens is 298 g/mol. The number of benzene rings is 1. The highest BCUT2D eigenvalue weighted by molar-refractivity contribution is 5.94. The lowest BCUT2D eigenvalue weighted by Crippen LogP contribution is -2.31. The fourth-order valence-corrected chi connectivity index (χ4v) is 2.14. The number of carbonyl (C=O) groups excluding carboxylic acids is 1. The summed E-state index contributed by atoms with van der Waals surface area (Å²) in [5.41, 5.74) is 1.82. The monoisotopic (exact) mass is 315 g/mol. The Morgan fingerprint density at radius 1 is 1.26 bits per heavy atom. The van der Waals surface area contributed by atoms with Gasteiger partial charge in [-0.05, 0) is 38.0 Å². The molecule has 1 N–H and O–H groups in total. The summed E-state index contributed by atoms with van der Waals surface area (Å²) in [6.07, 6.45) is 1.08. The summed E-state index contributed by atoms with van der Waals surface area (Å²) in [6, 6.07) is 6.97. The number of aryl methyl sites for hydroxylation is 2. The average Bonchev–Trinajstić information content (AvgIpc) is 2.50. The fraction of sp³-hybridized carbons (Fsp3) is 0.250. The molecule has 1 atom stereocenters. The van der Waals surface area contributed by atoms with Gasteiger partial charge in [0.15, 0.2) is 0 Å². The maximum Gasteiger partial charge on any atom is 0.285 e. The van der Waals surface area contributed by atoms with Crippen LogP contribution < -0.4 is 10.9 Å². The third-order valence-electron chi connectivity index (χ3n) is 3.58. The summed E-state index contributed by atoms with van der Waals surface area (Å²) in [5.74, 6) is -0.415. The molecule has 0 aliphatic carbocycles. The van der Waals surface area contributed by atoms with Crippen molar-refractivity contribution in [3.05, 3.63) is 68.1 Å². The number of pyridine rings is 1. The summed E-state index contributed by atoms with van der Waals surface area (Å²) < 4.78 is 1.05. The highest BCUT2D eigenvalue weighted by atomic mass is 16.6. The van der Waals surface area contributed by atoms with Gasteiger partial charge in [0.2, 0.25) is 5.91 Å². The van der Waals surface area contributed by atoms with Gasteiger partial charge in [0.05, 0.1) is 11.1 Å². The largest absolute Gasteiger partial charge is 0.324 e. The number of rotatable bonds is 4. The Kier molecular flexibility index (Phi) is 4.59. The molecule has 1 unspecified atom stereocenters. The predicted octanol–water partition coefficient (Wildman–Crippen LogP) is 2.57. The normalized spacial score (nSPS) is 11.8. The van der Waals surface area contributed by atoms with Gasteiger partial charge < -0.3 is 5.32 Å². The standard InChI is InChI=1S/C16H17N3O4/c1-10-4-5-11(2)14(8-10)17-16(21)12(3)18-9-13(19(22)23)6-7-15(18)20/h4-9,12H,1-3H3,(H,17,21). The van der Waals surface area contributed by atoms with Crippen molar-refractivity contribution >= 4 is 17.3 Å². The molecule has 1 aromatic carbocycles. The molecule has 7 heteroatoms. The Labute approximate surface area is 132 Å². The maximum atomic E-state index is 12.4. The van der Waals surface area contributed by atoms with Crippen molar-refractivity contribution in [2.24, 2.45) is 0 Å². The molecule has 0 saturated heterocycles.